The second-order valence-corrected chi connectivity index (χ2v) is 13.7. The number of carbonyl (C=O) groups excluding carboxylic acids is 3. The number of ketones is 1. The summed E-state index contributed by atoms with van der Waals surface area (Å²) in [5.41, 5.74) is 0.0271. The number of fused-ring (bicyclic) bond motifs is 4. The van der Waals surface area contributed by atoms with E-state index < -0.39 is 29.1 Å². The first-order valence-corrected chi connectivity index (χ1v) is 15.1. The molecule has 6 rings (SSSR count). The van der Waals surface area contributed by atoms with Crippen LogP contribution in [-0.4, -0.2) is 53.3 Å². The van der Waals surface area contributed by atoms with Crippen LogP contribution in [0.1, 0.15) is 79.1 Å². The number of ether oxygens (including phenoxy) is 3. The summed E-state index contributed by atoms with van der Waals surface area (Å²) in [5, 5.41) is 10.9. The molecule has 7 nitrogen and oxygen atoms in total. The minimum Gasteiger partial charge on any atom is -0.460 e. The van der Waals surface area contributed by atoms with Crippen molar-refractivity contribution in [3.05, 3.63) is 23.3 Å². The van der Waals surface area contributed by atoms with E-state index in [1.165, 1.54) is 0 Å². The van der Waals surface area contributed by atoms with E-state index in [4.69, 9.17) is 20.6 Å². The Balaban J connectivity index is 1.17. The van der Waals surface area contributed by atoms with Gasteiger partial charge in [0, 0.05) is 12.8 Å². The molecular weight excluding hydrogens is 508 g/mol. The highest BCUT2D eigenvalue weighted by molar-refractivity contribution is 5.98. The summed E-state index contributed by atoms with van der Waals surface area (Å²) < 4.78 is 17.5. The maximum absolute atomic E-state index is 13.4. The van der Waals surface area contributed by atoms with E-state index in [0.29, 0.717) is 36.2 Å². The molecule has 0 aromatic rings. The first-order valence-electron chi connectivity index (χ1n) is 15.1. The fraction of sp³-hybridized carbons (Fsp3) is 0.727. The minimum absolute atomic E-state index is 0.0624. The third kappa shape index (κ3) is 3.74. The van der Waals surface area contributed by atoms with E-state index in [1.54, 1.807) is 12.2 Å². The Morgan fingerprint density at radius 3 is 2.75 bits per heavy atom. The predicted molar refractivity (Wildman–Crippen MR) is 146 cm³/mol. The summed E-state index contributed by atoms with van der Waals surface area (Å²) >= 11 is 0. The van der Waals surface area contributed by atoms with Gasteiger partial charge in [0.25, 0.3) is 0 Å². The lowest BCUT2D eigenvalue weighted by Gasteiger charge is -2.58. The van der Waals surface area contributed by atoms with Gasteiger partial charge < -0.3 is 19.3 Å². The number of allylic oxidation sites excluding steroid dienone is 1. The number of rotatable bonds is 6. The first-order chi connectivity index (χ1) is 19.0. The monoisotopic (exact) mass is 550 g/mol. The Labute approximate surface area is 237 Å². The van der Waals surface area contributed by atoms with Crippen LogP contribution in [0, 0.1) is 52.8 Å². The molecule has 1 saturated heterocycles. The number of esters is 2. The Kier molecular flexibility index (Phi) is 6.63. The number of hydrogen-bond acceptors (Lipinski definition) is 7. The minimum atomic E-state index is -0.744. The zero-order chi connectivity index (χ0) is 28.6. The lowest BCUT2D eigenvalue weighted by molar-refractivity contribution is -0.156. The maximum atomic E-state index is 13.4. The average molecular weight is 551 g/mol. The van der Waals surface area contributed by atoms with E-state index in [2.05, 4.69) is 26.7 Å². The van der Waals surface area contributed by atoms with Gasteiger partial charge in [0.2, 0.25) is 0 Å². The molecule has 0 radical (unpaired) electrons. The van der Waals surface area contributed by atoms with Gasteiger partial charge in [-0.2, -0.15) is 0 Å². The molecule has 3 saturated carbocycles. The maximum Gasteiger partial charge on any atom is 0.337 e. The van der Waals surface area contributed by atoms with Crippen LogP contribution < -0.4 is 0 Å². The smallest absolute Gasteiger partial charge is 0.337 e. The molecular formula is C33H42O7. The van der Waals surface area contributed by atoms with E-state index in [1.807, 2.05) is 6.92 Å². The quantitative estimate of drug-likeness (QED) is 0.299. The molecule has 4 aliphatic carbocycles. The topological polar surface area (TPSA) is 102 Å². The van der Waals surface area contributed by atoms with Crippen molar-refractivity contribution in [3.63, 3.8) is 0 Å². The van der Waals surface area contributed by atoms with Crippen LogP contribution in [-0.2, 0) is 28.6 Å². The van der Waals surface area contributed by atoms with Crippen LogP contribution in [0.15, 0.2) is 23.3 Å². The van der Waals surface area contributed by atoms with Crippen LogP contribution in [0.2, 0.25) is 0 Å². The first kappa shape index (κ1) is 27.7. The summed E-state index contributed by atoms with van der Waals surface area (Å²) in [7, 11) is 0. The molecule has 40 heavy (non-hydrogen) atoms. The number of aliphatic hydroxyl groups excluding tert-OH is 1. The van der Waals surface area contributed by atoms with Gasteiger partial charge in [0.05, 0.1) is 23.5 Å². The lowest BCUT2D eigenvalue weighted by atomic mass is 9.44. The number of aliphatic hydroxyl groups is 1. The van der Waals surface area contributed by atoms with Crippen molar-refractivity contribution in [2.24, 2.45) is 40.4 Å². The molecule has 0 aromatic carbocycles. The average Bonchev–Trinajstić information content (AvgIpc) is 3.55. The fourth-order valence-electron chi connectivity index (χ4n) is 10.1. The van der Waals surface area contributed by atoms with E-state index >= 15 is 0 Å². The summed E-state index contributed by atoms with van der Waals surface area (Å²) in [6.45, 7) is 8.56. The number of hydrogen-bond donors (Lipinski definition) is 1. The van der Waals surface area contributed by atoms with Gasteiger partial charge >= 0.3 is 11.9 Å². The van der Waals surface area contributed by atoms with Gasteiger partial charge in [-0.3, -0.25) is 9.59 Å². The van der Waals surface area contributed by atoms with E-state index in [-0.39, 0.29) is 48.3 Å². The highest BCUT2D eigenvalue weighted by Crippen LogP contribution is 2.73. The van der Waals surface area contributed by atoms with Gasteiger partial charge in [0.15, 0.2) is 5.78 Å². The molecule has 0 bridgehead atoms. The molecule has 7 heteroatoms. The van der Waals surface area contributed by atoms with Crippen molar-refractivity contribution >= 4 is 17.7 Å². The van der Waals surface area contributed by atoms with E-state index in [9.17, 15) is 19.5 Å². The third-order valence-corrected chi connectivity index (χ3v) is 12.3. The Hall–Kier alpha value is -2.43. The Bertz CT molecular complexity index is 1230. The molecule has 0 aromatic heterocycles. The Morgan fingerprint density at radius 2 is 2.02 bits per heavy atom. The van der Waals surface area contributed by atoms with Crippen LogP contribution in [0.4, 0.5) is 0 Å². The van der Waals surface area contributed by atoms with Crippen molar-refractivity contribution in [3.8, 4) is 12.3 Å². The molecule has 216 valence electrons. The third-order valence-electron chi connectivity index (χ3n) is 12.3. The molecule has 0 amide bonds. The molecule has 2 heterocycles. The molecule has 11 atom stereocenters. The number of terminal acetylenes is 1. The van der Waals surface area contributed by atoms with Crippen molar-refractivity contribution in [2.75, 3.05) is 6.61 Å². The largest absolute Gasteiger partial charge is 0.460 e. The molecule has 1 N–H and O–H groups in total. The van der Waals surface area contributed by atoms with Crippen molar-refractivity contribution in [1.82, 2.24) is 0 Å². The Morgan fingerprint density at radius 1 is 1.25 bits per heavy atom. The zero-order valence-electron chi connectivity index (χ0n) is 24.1. The van der Waals surface area contributed by atoms with Gasteiger partial charge in [-0.05, 0) is 93.1 Å². The number of epoxide rings is 1. The van der Waals surface area contributed by atoms with Gasteiger partial charge in [-0.1, -0.05) is 19.4 Å². The normalized spacial score (nSPS) is 45.9. The van der Waals surface area contributed by atoms with Crippen molar-refractivity contribution in [2.45, 2.75) is 103 Å². The number of cyclic esters (lactones) is 1. The molecule has 1 spiro atoms. The van der Waals surface area contributed by atoms with Crippen molar-refractivity contribution < 1.29 is 33.7 Å². The van der Waals surface area contributed by atoms with Crippen LogP contribution in [0.5, 0.6) is 0 Å². The second-order valence-electron chi connectivity index (χ2n) is 13.7. The molecule has 4 fully saturated rings. The number of carbonyl (C=O) groups is 3. The van der Waals surface area contributed by atoms with Crippen LogP contribution in [0.3, 0.4) is 0 Å². The predicted octanol–water partition coefficient (Wildman–Crippen LogP) is 4.32. The molecule has 2 aliphatic heterocycles. The SMILES string of the molecule is C#CCCC(=O)OCC1=C(C)CC([C@@H](C)[C@H]2CC[C@H]3[C@@H]4C[C@H]5O[C@]56[C@@H](O)C=CC(=O)[C@]6(C)[C@H]4CC[C@]23C)OC1=O. The van der Waals surface area contributed by atoms with Gasteiger partial charge in [0.1, 0.15) is 24.4 Å². The van der Waals surface area contributed by atoms with Crippen LogP contribution in [0.25, 0.3) is 0 Å². The lowest BCUT2D eigenvalue weighted by Crippen LogP contribution is -2.63. The van der Waals surface area contributed by atoms with Crippen LogP contribution >= 0.6 is 0 Å². The summed E-state index contributed by atoms with van der Waals surface area (Å²) in [5.74, 6) is 3.37. The molecule has 6 aliphatic rings. The summed E-state index contributed by atoms with van der Waals surface area (Å²) in [6, 6.07) is 0. The zero-order valence-corrected chi connectivity index (χ0v) is 24.1. The van der Waals surface area contributed by atoms with Gasteiger partial charge in [-0.15, -0.1) is 12.3 Å². The molecule has 1 unspecified atom stereocenters. The summed E-state index contributed by atoms with van der Waals surface area (Å²) in [4.78, 5) is 38.3. The standard InChI is InChI=1S/C33H42O7/c1-6-7-8-29(36)38-17-21-18(2)15-25(39-30(21)37)19(3)22-9-10-23-20-16-28-33(40-28)27(35)12-11-26(34)32(33,5)24(20)13-14-31(22,23)4/h1,11-12,19-20,22-25,27-28,35H,7-10,13-17H2,2-5H3/t19-,20-,22+,23-,24-,25?,27-,28+,31+,32-,33+/m0/s1. The fourth-order valence-corrected chi connectivity index (χ4v) is 10.1. The van der Waals surface area contributed by atoms with Gasteiger partial charge in [-0.25, -0.2) is 4.79 Å². The van der Waals surface area contributed by atoms with E-state index in [0.717, 1.165) is 37.7 Å². The summed E-state index contributed by atoms with van der Waals surface area (Å²) in [6.07, 6.45) is 13.6. The van der Waals surface area contributed by atoms with Crippen molar-refractivity contribution in [1.29, 1.82) is 0 Å². The highest BCUT2D eigenvalue weighted by Gasteiger charge is 2.80. The second kappa shape index (κ2) is 9.56. The highest BCUT2D eigenvalue weighted by atomic mass is 16.6.